The second-order valence-electron chi connectivity index (χ2n) is 8.64. The average molecular weight is 607 g/mol. The molecule has 3 rings (SSSR count). The van der Waals surface area contributed by atoms with Gasteiger partial charge < -0.3 is 24.7 Å². The fourth-order valence-corrected chi connectivity index (χ4v) is 5.16. The lowest BCUT2D eigenvalue weighted by molar-refractivity contribution is -0.115. The van der Waals surface area contributed by atoms with Crippen molar-refractivity contribution in [1.82, 2.24) is 0 Å². The number of allylic oxidation sites excluding steroid dienone is 3. The molecule has 8 heteroatoms. The van der Waals surface area contributed by atoms with Crippen LogP contribution in [-0.4, -0.2) is 38.2 Å². The second-order valence-corrected chi connectivity index (χ2v) is 10.2. The zero-order valence-corrected chi connectivity index (χ0v) is 25.6. The number of nitrogens with two attached hydrogens (primary N) is 1. The van der Waals surface area contributed by atoms with Crippen molar-refractivity contribution in [3.8, 4) is 17.2 Å². The van der Waals surface area contributed by atoms with Gasteiger partial charge in [0.25, 0.3) is 0 Å². The quantitative estimate of drug-likeness (QED) is 0.195. The van der Waals surface area contributed by atoms with E-state index in [-0.39, 0.29) is 16.5 Å². The summed E-state index contributed by atoms with van der Waals surface area (Å²) in [5.74, 6) is 2.02. The molecule has 0 saturated heterocycles. The molecule has 0 radical (unpaired) electrons. The first-order valence-electron chi connectivity index (χ1n) is 12.4. The molecule has 0 amide bonds. The molecule has 2 unspecified atom stereocenters. The van der Waals surface area contributed by atoms with Crippen molar-refractivity contribution in [3.63, 3.8) is 0 Å². The maximum absolute atomic E-state index is 11.3. The lowest BCUT2D eigenvalue weighted by Crippen LogP contribution is -2.18. The molecule has 0 saturated carbocycles. The minimum absolute atomic E-state index is 0.107. The van der Waals surface area contributed by atoms with Gasteiger partial charge in [-0.1, -0.05) is 60.1 Å². The molecule has 2 aromatic carbocycles. The number of Topliss-reactive ketones (excluding diaryl/α,β-unsaturated/α-hetero) is 1. The van der Waals surface area contributed by atoms with Gasteiger partial charge in [-0.2, -0.15) is 0 Å². The number of methoxy groups -OCH3 is 3. The summed E-state index contributed by atoms with van der Waals surface area (Å²) in [7, 11) is 4.71. The molecule has 1 aliphatic rings. The number of ketones is 1. The molecular weight excluding hydrogens is 566 g/mol. The van der Waals surface area contributed by atoms with Crippen molar-refractivity contribution in [2.45, 2.75) is 57.2 Å². The van der Waals surface area contributed by atoms with Gasteiger partial charge in [0, 0.05) is 17.7 Å². The fraction of sp³-hybridized carbons (Fsp3) is 0.400. The topological polar surface area (TPSA) is 87.9 Å². The lowest BCUT2D eigenvalue weighted by Gasteiger charge is -2.21. The molecular formula is C30H40BrNO5S. The van der Waals surface area contributed by atoms with E-state index < -0.39 is 0 Å². The summed E-state index contributed by atoms with van der Waals surface area (Å²) in [5, 5.41) is 0. The maximum atomic E-state index is 11.3. The third-order valence-corrected chi connectivity index (χ3v) is 7.50. The first-order valence-corrected chi connectivity index (χ1v) is 13.8. The Morgan fingerprint density at radius 1 is 1.13 bits per heavy atom. The normalized spacial score (nSPS) is 15.8. The van der Waals surface area contributed by atoms with Crippen LogP contribution in [0.1, 0.15) is 57.1 Å². The maximum Gasteiger partial charge on any atom is 0.203 e. The third-order valence-electron chi connectivity index (χ3n) is 6.09. The summed E-state index contributed by atoms with van der Waals surface area (Å²) in [6.07, 6.45) is 5.42. The number of carbonyl (C=O) groups excluding carboxylic acids is 2. The van der Waals surface area contributed by atoms with Crippen LogP contribution in [0.2, 0.25) is 0 Å². The van der Waals surface area contributed by atoms with Crippen LogP contribution in [0.3, 0.4) is 0 Å². The van der Waals surface area contributed by atoms with Crippen LogP contribution in [0, 0.1) is 0 Å². The van der Waals surface area contributed by atoms with Crippen molar-refractivity contribution in [2.24, 2.45) is 5.73 Å². The molecule has 0 heterocycles. The van der Waals surface area contributed by atoms with E-state index in [2.05, 4.69) is 59.7 Å². The number of ether oxygens (including phenoxy) is 3. The van der Waals surface area contributed by atoms with E-state index >= 15 is 0 Å². The van der Waals surface area contributed by atoms with Crippen molar-refractivity contribution in [3.05, 3.63) is 75.8 Å². The van der Waals surface area contributed by atoms with Gasteiger partial charge in [0.05, 0.1) is 26.2 Å². The molecule has 2 atom stereocenters. The summed E-state index contributed by atoms with van der Waals surface area (Å²) in [6.45, 7) is 6.03. The van der Waals surface area contributed by atoms with E-state index in [1.807, 2.05) is 32.0 Å². The molecule has 0 spiro atoms. The standard InChI is InChI=1S/C13H18O4.C9H12BrNOS.C8H10/c1-9(5-6-14)10-7-11(15-2)13(17-4)12(8-10)16-3;1-5(4-11)8-6(10)2-3-7(12)9(8)13;1-2-8-6-4-3-5-7-8/h6-9H,5H2,1-4H3;4,6,13H,2-3,11H2,1H3;3-7H,2H2,1H3/b;5-4+;. The summed E-state index contributed by atoms with van der Waals surface area (Å²) >= 11 is 7.72. The van der Waals surface area contributed by atoms with E-state index in [0.29, 0.717) is 35.0 Å². The fourth-order valence-electron chi connectivity index (χ4n) is 3.72. The molecule has 2 aromatic rings. The summed E-state index contributed by atoms with van der Waals surface area (Å²) < 4.78 is 15.7. The number of hydrogen-bond donors (Lipinski definition) is 2. The highest BCUT2D eigenvalue weighted by Gasteiger charge is 2.25. The Bertz CT molecular complexity index is 1080. The van der Waals surface area contributed by atoms with Crippen LogP contribution in [0.4, 0.5) is 0 Å². The number of aldehydes is 1. The largest absolute Gasteiger partial charge is 0.493 e. The number of alkyl halides is 1. The molecule has 38 heavy (non-hydrogen) atoms. The summed E-state index contributed by atoms with van der Waals surface area (Å²) in [4.78, 5) is 22.6. The highest BCUT2D eigenvalue weighted by Crippen LogP contribution is 2.40. The van der Waals surface area contributed by atoms with Gasteiger partial charge in [-0.05, 0) is 66.3 Å². The average Bonchev–Trinajstić information content (AvgIpc) is 2.95. The first-order chi connectivity index (χ1) is 18.2. The zero-order valence-electron chi connectivity index (χ0n) is 23.1. The molecule has 0 aromatic heterocycles. The van der Waals surface area contributed by atoms with Crippen LogP contribution in [0.5, 0.6) is 17.2 Å². The number of aryl methyl sites for hydroxylation is 1. The molecule has 0 fully saturated rings. The van der Waals surface area contributed by atoms with Crippen molar-refractivity contribution >= 4 is 40.6 Å². The van der Waals surface area contributed by atoms with Crippen LogP contribution in [0.25, 0.3) is 0 Å². The third kappa shape index (κ3) is 9.87. The number of carbonyl (C=O) groups is 2. The Morgan fingerprint density at radius 2 is 1.71 bits per heavy atom. The van der Waals surface area contributed by atoms with E-state index in [4.69, 9.17) is 19.9 Å². The van der Waals surface area contributed by atoms with Gasteiger partial charge in [-0.15, -0.1) is 12.6 Å². The summed E-state index contributed by atoms with van der Waals surface area (Å²) in [6, 6.07) is 14.2. The van der Waals surface area contributed by atoms with Gasteiger partial charge in [0.15, 0.2) is 17.3 Å². The molecule has 6 nitrogen and oxygen atoms in total. The van der Waals surface area contributed by atoms with Crippen LogP contribution < -0.4 is 19.9 Å². The smallest absolute Gasteiger partial charge is 0.203 e. The van der Waals surface area contributed by atoms with Crippen LogP contribution in [-0.2, 0) is 16.0 Å². The highest BCUT2D eigenvalue weighted by molar-refractivity contribution is 9.09. The number of thiol groups is 1. The lowest BCUT2D eigenvalue weighted by atomic mass is 9.93. The molecule has 1 aliphatic carbocycles. The predicted molar refractivity (Wildman–Crippen MR) is 162 cm³/mol. The van der Waals surface area contributed by atoms with Crippen LogP contribution in [0.15, 0.2) is 64.7 Å². The van der Waals surface area contributed by atoms with Crippen molar-refractivity contribution < 1.29 is 23.8 Å². The Hall–Kier alpha value is -2.71. The monoisotopic (exact) mass is 605 g/mol. The van der Waals surface area contributed by atoms with E-state index in [9.17, 15) is 9.59 Å². The number of hydrogen-bond acceptors (Lipinski definition) is 7. The van der Waals surface area contributed by atoms with Gasteiger partial charge in [-0.3, -0.25) is 4.79 Å². The van der Waals surface area contributed by atoms with Crippen molar-refractivity contribution in [1.29, 1.82) is 0 Å². The van der Waals surface area contributed by atoms with Gasteiger partial charge in [0.1, 0.15) is 6.29 Å². The summed E-state index contributed by atoms with van der Waals surface area (Å²) in [5.41, 5.74) is 9.66. The van der Waals surface area contributed by atoms with E-state index in [1.54, 1.807) is 21.3 Å². The van der Waals surface area contributed by atoms with Crippen LogP contribution >= 0.6 is 28.6 Å². The molecule has 0 bridgehead atoms. The van der Waals surface area contributed by atoms with E-state index in [1.165, 1.54) is 11.8 Å². The Kier molecular flexibility index (Phi) is 15.5. The number of halogens is 1. The van der Waals surface area contributed by atoms with Gasteiger partial charge in [-0.25, -0.2) is 0 Å². The minimum atomic E-state index is 0.107. The Balaban J connectivity index is 0.000000303. The molecule has 2 N–H and O–H groups in total. The number of benzene rings is 2. The SMILES string of the molecule is C/C(=C\N)C1=C(S)C(=O)CCC1Br.CCc1ccccc1.COc1cc(C(C)CC=O)cc(OC)c1OC. The second kappa shape index (κ2) is 17.7. The van der Waals surface area contributed by atoms with Gasteiger partial charge >= 0.3 is 0 Å². The molecule has 0 aliphatic heterocycles. The Morgan fingerprint density at radius 3 is 2.13 bits per heavy atom. The minimum Gasteiger partial charge on any atom is -0.493 e. The highest BCUT2D eigenvalue weighted by atomic mass is 79.9. The predicted octanol–water partition coefficient (Wildman–Crippen LogP) is 6.81. The number of rotatable bonds is 8. The molecule has 208 valence electrons. The van der Waals surface area contributed by atoms with Crippen molar-refractivity contribution in [2.75, 3.05) is 21.3 Å². The first kappa shape index (κ1) is 33.3. The zero-order chi connectivity index (χ0) is 28.7. The Labute approximate surface area is 241 Å². The van der Waals surface area contributed by atoms with E-state index in [0.717, 1.165) is 35.8 Å². The van der Waals surface area contributed by atoms with Gasteiger partial charge in [0.2, 0.25) is 5.75 Å².